The number of benzene rings is 2. The van der Waals surface area contributed by atoms with E-state index < -0.39 is 0 Å². The molecule has 24 heavy (non-hydrogen) atoms. The first kappa shape index (κ1) is 16.6. The van der Waals surface area contributed by atoms with Crippen LogP contribution in [0, 0.1) is 0 Å². The molecule has 124 valence electrons. The summed E-state index contributed by atoms with van der Waals surface area (Å²) in [4.78, 5) is 23.7. The molecule has 0 fully saturated rings. The third kappa shape index (κ3) is 3.47. The molecule has 0 saturated carbocycles. The van der Waals surface area contributed by atoms with Gasteiger partial charge in [0.15, 0.2) is 6.61 Å². The van der Waals surface area contributed by atoms with Crippen molar-refractivity contribution >= 4 is 40.7 Å². The predicted octanol–water partition coefficient (Wildman–Crippen LogP) is 3.82. The van der Waals surface area contributed by atoms with Gasteiger partial charge in [-0.15, -0.1) is 0 Å². The number of hydrogen-bond acceptors (Lipinski definition) is 3. The lowest BCUT2D eigenvalue weighted by Crippen LogP contribution is -2.28. The molecule has 5 nitrogen and oxygen atoms in total. The fraction of sp³-hybridized carbons (Fsp3) is 0.176. The molecule has 2 aromatic rings. The summed E-state index contributed by atoms with van der Waals surface area (Å²) in [6.07, 6.45) is 0. The fourth-order valence-electron chi connectivity index (χ4n) is 2.43. The number of halogens is 2. The second kappa shape index (κ2) is 6.71. The van der Waals surface area contributed by atoms with E-state index in [-0.39, 0.29) is 24.5 Å². The highest BCUT2D eigenvalue weighted by Crippen LogP contribution is 2.29. The largest absolute Gasteiger partial charge is 0.482 e. The Bertz CT molecular complexity index is 823. The summed E-state index contributed by atoms with van der Waals surface area (Å²) in [5, 5.41) is 6.59. The van der Waals surface area contributed by atoms with Crippen LogP contribution in [0.3, 0.4) is 0 Å². The maximum absolute atomic E-state index is 12.4. The Morgan fingerprint density at radius 3 is 2.79 bits per heavy atom. The Hall–Kier alpha value is -2.24. The lowest BCUT2D eigenvalue weighted by molar-refractivity contribution is -0.118. The maximum atomic E-state index is 12.4. The topological polar surface area (TPSA) is 67.4 Å². The summed E-state index contributed by atoms with van der Waals surface area (Å²) in [6.45, 7) is 1.77. The number of nitrogens with one attached hydrogen (secondary N) is 2. The van der Waals surface area contributed by atoms with Crippen molar-refractivity contribution in [2.24, 2.45) is 0 Å². The minimum absolute atomic E-state index is 0.0607. The maximum Gasteiger partial charge on any atom is 0.262 e. The Kier molecular flexibility index (Phi) is 4.64. The van der Waals surface area contributed by atoms with E-state index in [4.69, 9.17) is 27.9 Å². The molecule has 2 aromatic carbocycles. The standard InChI is InChI=1S/C17H14Cl2N2O3/c1-9(12-4-3-11(18)7-13(12)19)20-17(23)10-2-5-14-15(6-10)24-8-16(22)21-14/h2-7,9H,8H2,1H3,(H,20,23)(H,21,22)/t9-/m0/s1. The van der Waals surface area contributed by atoms with Crippen molar-refractivity contribution < 1.29 is 14.3 Å². The second-order valence-corrected chi connectivity index (χ2v) is 6.25. The number of anilines is 1. The Morgan fingerprint density at radius 1 is 1.25 bits per heavy atom. The number of hydrogen-bond donors (Lipinski definition) is 2. The van der Waals surface area contributed by atoms with Crippen LogP contribution in [0.5, 0.6) is 5.75 Å². The summed E-state index contributed by atoms with van der Waals surface area (Å²) in [5.41, 5.74) is 1.76. The highest BCUT2D eigenvalue weighted by atomic mass is 35.5. The highest BCUT2D eigenvalue weighted by Gasteiger charge is 2.19. The minimum Gasteiger partial charge on any atom is -0.482 e. The molecule has 0 aliphatic carbocycles. The van der Waals surface area contributed by atoms with Gasteiger partial charge in [-0.25, -0.2) is 0 Å². The van der Waals surface area contributed by atoms with Gasteiger partial charge >= 0.3 is 0 Å². The van der Waals surface area contributed by atoms with E-state index in [1.165, 1.54) is 0 Å². The molecule has 0 bridgehead atoms. The van der Waals surface area contributed by atoms with Crippen LogP contribution < -0.4 is 15.4 Å². The van der Waals surface area contributed by atoms with Gasteiger partial charge in [-0.3, -0.25) is 9.59 Å². The molecule has 0 saturated heterocycles. The van der Waals surface area contributed by atoms with Gasteiger partial charge in [-0.05, 0) is 42.8 Å². The van der Waals surface area contributed by atoms with Crippen LogP contribution >= 0.6 is 23.2 Å². The Balaban J connectivity index is 1.76. The van der Waals surface area contributed by atoms with Crippen molar-refractivity contribution in [3.8, 4) is 5.75 Å². The van der Waals surface area contributed by atoms with Gasteiger partial charge in [-0.2, -0.15) is 0 Å². The number of rotatable bonds is 3. The zero-order valence-corrected chi connectivity index (χ0v) is 14.2. The van der Waals surface area contributed by atoms with Gasteiger partial charge in [0.25, 0.3) is 11.8 Å². The van der Waals surface area contributed by atoms with Crippen molar-refractivity contribution in [1.82, 2.24) is 5.32 Å². The van der Waals surface area contributed by atoms with E-state index in [2.05, 4.69) is 10.6 Å². The van der Waals surface area contributed by atoms with Gasteiger partial charge in [0.05, 0.1) is 11.7 Å². The van der Waals surface area contributed by atoms with Gasteiger partial charge in [0.1, 0.15) is 5.75 Å². The van der Waals surface area contributed by atoms with Crippen molar-refractivity contribution in [1.29, 1.82) is 0 Å². The second-order valence-electron chi connectivity index (χ2n) is 5.41. The highest BCUT2D eigenvalue weighted by molar-refractivity contribution is 6.35. The molecule has 1 heterocycles. The van der Waals surface area contributed by atoms with Crippen LogP contribution in [0.2, 0.25) is 10.0 Å². The average molecular weight is 365 g/mol. The van der Waals surface area contributed by atoms with Crippen LogP contribution in [0.15, 0.2) is 36.4 Å². The first-order chi connectivity index (χ1) is 11.4. The summed E-state index contributed by atoms with van der Waals surface area (Å²) in [6, 6.07) is 9.71. The van der Waals surface area contributed by atoms with Gasteiger partial charge < -0.3 is 15.4 Å². The zero-order chi connectivity index (χ0) is 17.3. The van der Waals surface area contributed by atoms with Crippen molar-refractivity contribution in [2.45, 2.75) is 13.0 Å². The number of carbonyl (C=O) groups is 2. The smallest absolute Gasteiger partial charge is 0.262 e. The third-order valence-corrected chi connectivity index (χ3v) is 4.22. The van der Waals surface area contributed by atoms with Crippen LogP contribution in [-0.2, 0) is 4.79 Å². The molecule has 0 radical (unpaired) electrons. The molecular weight excluding hydrogens is 351 g/mol. The van der Waals surface area contributed by atoms with Crippen LogP contribution in [0.4, 0.5) is 5.69 Å². The van der Waals surface area contributed by atoms with Gasteiger partial charge in [-0.1, -0.05) is 29.3 Å². The molecule has 3 rings (SSSR count). The summed E-state index contributed by atoms with van der Waals surface area (Å²) in [7, 11) is 0. The minimum atomic E-state index is -0.293. The van der Waals surface area contributed by atoms with Crippen LogP contribution in [0.1, 0.15) is 28.9 Å². The summed E-state index contributed by atoms with van der Waals surface area (Å²) in [5.74, 6) is -0.0121. The number of ether oxygens (including phenoxy) is 1. The lowest BCUT2D eigenvalue weighted by Gasteiger charge is -2.19. The summed E-state index contributed by atoms with van der Waals surface area (Å²) < 4.78 is 5.32. The van der Waals surface area contributed by atoms with E-state index in [0.29, 0.717) is 27.0 Å². The van der Waals surface area contributed by atoms with E-state index >= 15 is 0 Å². The van der Waals surface area contributed by atoms with Gasteiger partial charge in [0.2, 0.25) is 0 Å². The van der Waals surface area contributed by atoms with E-state index in [0.717, 1.165) is 5.56 Å². The molecule has 0 spiro atoms. The zero-order valence-electron chi connectivity index (χ0n) is 12.7. The molecular formula is C17H14Cl2N2O3. The quantitative estimate of drug-likeness (QED) is 0.869. The van der Waals surface area contributed by atoms with E-state index in [1.807, 2.05) is 6.92 Å². The SMILES string of the molecule is C[C@H](NC(=O)c1ccc2c(c1)OCC(=O)N2)c1ccc(Cl)cc1Cl. The van der Waals surface area contributed by atoms with Crippen molar-refractivity contribution in [2.75, 3.05) is 11.9 Å². The van der Waals surface area contributed by atoms with Crippen molar-refractivity contribution in [3.05, 3.63) is 57.6 Å². The first-order valence-electron chi connectivity index (χ1n) is 7.26. The average Bonchev–Trinajstić information content (AvgIpc) is 2.54. The van der Waals surface area contributed by atoms with Crippen LogP contribution in [0.25, 0.3) is 0 Å². The molecule has 0 unspecified atom stereocenters. The molecule has 1 atom stereocenters. The molecule has 7 heteroatoms. The Labute approximate surface area is 148 Å². The normalized spacial score (nSPS) is 14.2. The summed E-state index contributed by atoms with van der Waals surface area (Å²) >= 11 is 12.1. The van der Waals surface area contributed by atoms with Crippen molar-refractivity contribution in [3.63, 3.8) is 0 Å². The van der Waals surface area contributed by atoms with E-state index in [1.54, 1.807) is 36.4 Å². The van der Waals surface area contributed by atoms with Crippen LogP contribution in [-0.4, -0.2) is 18.4 Å². The first-order valence-corrected chi connectivity index (χ1v) is 8.02. The predicted molar refractivity (Wildman–Crippen MR) is 92.9 cm³/mol. The number of amides is 2. The van der Waals surface area contributed by atoms with Gasteiger partial charge in [0, 0.05) is 15.6 Å². The lowest BCUT2D eigenvalue weighted by atomic mass is 10.1. The molecule has 0 aromatic heterocycles. The molecule has 2 N–H and O–H groups in total. The monoisotopic (exact) mass is 364 g/mol. The third-order valence-electron chi connectivity index (χ3n) is 3.65. The molecule has 1 aliphatic heterocycles. The molecule has 1 aliphatic rings. The fourth-order valence-corrected chi connectivity index (χ4v) is 3.00. The Morgan fingerprint density at radius 2 is 2.04 bits per heavy atom. The van der Waals surface area contributed by atoms with E-state index in [9.17, 15) is 9.59 Å². The number of carbonyl (C=O) groups excluding carboxylic acids is 2. The molecule has 2 amide bonds. The number of fused-ring (bicyclic) bond motifs is 1.